The molecule has 134 valence electrons. The number of rotatable bonds is 6. The Morgan fingerprint density at radius 1 is 1.23 bits per heavy atom. The van der Waals surface area contributed by atoms with Gasteiger partial charge in [0, 0.05) is 17.3 Å². The van der Waals surface area contributed by atoms with Gasteiger partial charge in [-0.25, -0.2) is 4.39 Å². The summed E-state index contributed by atoms with van der Waals surface area (Å²) in [5.41, 5.74) is 0.865. The van der Waals surface area contributed by atoms with Gasteiger partial charge in [0.25, 0.3) is 5.91 Å². The van der Waals surface area contributed by atoms with Crippen molar-refractivity contribution in [3.8, 4) is 17.6 Å². The lowest BCUT2D eigenvalue weighted by Crippen LogP contribution is -2.13. The molecule has 0 unspecified atom stereocenters. The number of hydrogen-bond donors (Lipinski definition) is 1. The van der Waals surface area contributed by atoms with Gasteiger partial charge in [0.05, 0.1) is 13.2 Å². The highest BCUT2D eigenvalue weighted by molar-refractivity contribution is 6.09. The predicted octanol–water partition coefficient (Wildman–Crippen LogP) is 4.17. The highest BCUT2D eigenvalue weighted by Gasteiger charge is 2.13. The Balaban J connectivity index is 2.31. The van der Waals surface area contributed by atoms with Crippen LogP contribution < -0.4 is 14.8 Å². The quantitative estimate of drug-likeness (QED) is 0.624. The van der Waals surface area contributed by atoms with Crippen LogP contribution in [0.3, 0.4) is 0 Å². The first-order valence-corrected chi connectivity index (χ1v) is 7.96. The van der Waals surface area contributed by atoms with E-state index in [-0.39, 0.29) is 11.7 Å². The average Bonchev–Trinajstić information content (AvgIpc) is 2.61. The predicted molar refractivity (Wildman–Crippen MR) is 97.4 cm³/mol. The van der Waals surface area contributed by atoms with Gasteiger partial charge in [-0.1, -0.05) is 0 Å². The fourth-order valence-electron chi connectivity index (χ4n) is 2.15. The van der Waals surface area contributed by atoms with Gasteiger partial charge in [0.2, 0.25) is 0 Å². The highest BCUT2D eigenvalue weighted by atomic mass is 19.1. The zero-order valence-corrected chi connectivity index (χ0v) is 14.7. The molecular weight excluding hydrogens is 335 g/mol. The molecule has 6 heteroatoms. The maximum atomic E-state index is 12.9. The van der Waals surface area contributed by atoms with Gasteiger partial charge in [0.15, 0.2) is 0 Å². The van der Waals surface area contributed by atoms with Gasteiger partial charge in [-0.3, -0.25) is 4.79 Å². The second kappa shape index (κ2) is 8.67. The number of hydrogen-bond acceptors (Lipinski definition) is 4. The smallest absolute Gasteiger partial charge is 0.266 e. The van der Waals surface area contributed by atoms with Crippen LogP contribution in [-0.4, -0.2) is 19.1 Å². The van der Waals surface area contributed by atoms with Gasteiger partial charge >= 0.3 is 0 Å². The van der Waals surface area contributed by atoms with Crippen molar-refractivity contribution >= 4 is 17.7 Å². The Morgan fingerprint density at radius 3 is 2.50 bits per heavy atom. The molecule has 0 aliphatic carbocycles. The Labute approximate surface area is 151 Å². The van der Waals surface area contributed by atoms with Crippen molar-refractivity contribution in [2.75, 3.05) is 12.4 Å². The molecule has 2 aromatic rings. The minimum absolute atomic E-state index is 0.0900. The molecule has 26 heavy (non-hydrogen) atoms. The molecule has 2 aromatic carbocycles. The molecule has 0 fully saturated rings. The van der Waals surface area contributed by atoms with E-state index < -0.39 is 11.7 Å². The summed E-state index contributed by atoms with van der Waals surface area (Å²) in [5.74, 6) is 0.104. The van der Waals surface area contributed by atoms with Crippen LogP contribution in [0.5, 0.6) is 11.5 Å². The van der Waals surface area contributed by atoms with Crippen molar-refractivity contribution in [1.82, 2.24) is 0 Å². The Kier molecular flexibility index (Phi) is 6.34. The molecule has 0 radical (unpaired) electrons. The number of halogens is 1. The molecule has 2 rings (SSSR count). The lowest BCUT2D eigenvalue weighted by atomic mass is 10.1. The molecule has 0 heterocycles. The zero-order chi connectivity index (χ0) is 19.1. The van der Waals surface area contributed by atoms with E-state index in [0.717, 1.165) is 0 Å². The first-order chi connectivity index (χ1) is 12.4. The fraction of sp³-hybridized carbons (Fsp3) is 0.200. The van der Waals surface area contributed by atoms with Gasteiger partial charge in [-0.2, -0.15) is 5.26 Å². The number of amides is 1. The molecule has 0 aromatic heterocycles. The SMILES string of the molecule is COc1ccc(/C=C(\C#N)C(=O)Nc2ccc(F)cc2)c(OC(C)C)c1. The molecule has 0 aliphatic rings. The summed E-state index contributed by atoms with van der Waals surface area (Å²) in [7, 11) is 1.54. The van der Waals surface area contributed by atoms with E-state index in [9.17, 15) is 14.4 Å². The maximum absolute atomic E-state index is 12.9. The summed E-state index contributed by atoms with van der Waals surface area (Å²) < 4.78 is 23.9. The Hall–Kier alpha value is -3.33. The fourth-order valence-corrected chi connectivity index (χ4v) is 2.15. The van der Waals surface area contributed by atoms with Crippen molar-refractivity contribution < 1.29 is 18.7 Å². The van der Waals surface area contributed by atoms with Crippen LogP contribution in [0.15, 0.2) is 48.0 Å². The molecule has 1 amide bonds. The van der Waals surface area contributed by atoms with Crippen molar-refractivity contribution in [3.05, 3.63) is 59.4 Å². The van der Waals surface area contributed by atoms with E-state index >= 15 is 0 Å². The van der Waals surface area contributed by atoms with Crippen LogP contribution in [0.25, 0.3) is 6.08 Å². The van der Waals surface area contributed by atoms with Crippen LogP contribution in [0.2, 0.25) is 0 Å². The number of nitriles is 1. The third-order valence-corrected chi connectivity index (χ3v) is 3.35. The molecule has 5 nitrogen and oxygen atoms in total. The molecule has 0 spiro atoms. The number of anilines is 1. The summed E-state index contributed by atoms with van der Waals surface area (Å²) >= 11 is 0. The van der Waals surface area contributed by atoms with E-state index in [1.807, 2.05) is 19.9 Å². The van der Waals surface area contributed by atoms with E-state index in [4.69, 9.17) is 9.47 Å². The van der Waals surface area contributed by atoms with E-state index in [1.165, 1.54) is 30.3 Å². The normalized spacial score (nSPS) is 11.0. The van der Waals surface area contributed by atoms with Crippen molar-refractivity contribution in [1.29, 1.82) is 5.26 Å². The minimum Gasteiger partial charge on any atom is -0.497 e. The Morgan fingerprint density at radius 2 is 1.92 bits per heavy atom. The van der Waals surface area contributed by atoms with Gasteiger partial charge in [-0.05, 0) is 56.3 Å². The second-order valence-corrected chi connectivity index (χ2v) is 5.70. The summed E-state index contributed by atoms with van der Waals surface area (Å²) in [6.45, 7) is 3.75. The molecule has 0 bridgehead atoms. The largest absolute Gasteiger partial charge is 0.497 e. The lowest BCUT2D eigenvalue weighted by molar-refractivity contribution is -0.112. The first kappa shape index (κ1) is 19.0. The van der Waals surface area contributed by atoms with Gasteiger partial charge in [-0.15, -0.1) is 0 Å². The molecule has 0 saturated heterocycles. The molecule has 1 N–H and O–H groups in total. The maximum Gasteiger partial charge on any atom is 0.266 e. The summed E-state index contributed by atoms with van der Waals surface area (Å²) in [6.07, 6.45) is 1.35. The monoisotopic (exact) mass is 354 g/mol. The number of benzene rings is 2. The third-order valence-electron chi connectivity index (χ3n) is 3.35. The molecule has 0 saturated carbocycles. The topological polar surface area (TPSA) is 71.3 Å². The van der Waals surface area contributed by atoms with Gasteiger partial charge < -0.3 is 14.8 Å². The standard InChI is InChI=1S/C20H19FN2O3/c1-13(2)26-19-11-18(25-3)9-4-14(19)10-15(12-22)20(24)23-17-7-5-16(21)6-8-17/h4-11,13H,1-3H3,(H,23,24)/b15-10+. The summed E-state index contributed by atoms with van der Waals surface area (Å²) in [6, 6.07) is 12.3. The van der Waals surface area contributed by atoms with Crippen LogP contribution >= 0.6 is 0 Å². The van der Waals surface area contributed by atoms with Crippen LogP contribution in [-0.2, 0) is 4.79 Å². The summed E-state index contributed by atoms with van der Waals surface area (Å²) in [4.78, 5) is 12.3. The molecule has 0 aliphatic heterocycles. The Bertz CT molecular complexity index is 852. The number of methoxy groups -OCH3 is 1. The van der Waals surface area contributed by atoms with Crippen molar-refractivity contribution in [2.45, 2.75) is 20.0 Å². The van der Waals surface area contributed by atoms with Crippen LogP contribution in [0.1, 0.15) is 19.4 Å². The molecular formula is C20H19FN2O3. The highest BCUT2D eigenvalue weighted by Crippen LogP contribution is 2.28. The number of carbonyl (C=O) groups is 1. The van der Waals surface area contributed by atoms with E-state index in [1.54, 1.807) is 25.3 Å². The minimum atomic E-state index is -0.592. The van der Waals surface area contributed by atoms with Crippen molar-refractivity contribution in [3.63, 3.8) is 0 Å². The summed E-state index contributed by atoms with van der Waals surface area (Å²) in [5, 5.41) is 11.9. The average molecular weight is 354 g/mol. The third kappa shape index (κ3) is 5.08. The number of nitrogens with zero attached hydrogens (tertiary/aromatic N) is 1. The lowest BCUT2D eigenvalue weighted by Gasteiger charge is -2.14. The number of carbonyl (C=O) groups excluding carboxylic acids is 1. The number of ether oxygens (including phenoxy) is 2. The second-order valence-electron chi connectivity index (χ2n) is 5.70. The zero-order valence-electron chi connectivity index (χ0n) is 14.7. The van der Waals surface area contributed by atoms with Crippen molar-refractivity contribution in [2.24, 2.45) is 0 Å². The number of nitrogens with one attached hydrogen (secondary N) is 1. The molecule has 0 atom stereocenters. The first-order valence-electron chi connectivity index (χ1n) is 7.96. The van der Waals surface area contributed by atoms with Crippen LogP contribution in [0, 0.1) is 17.1 Å². The van der Waals surface area contributed by atoms with E-state index in [2.05, 4.69) is 5.32 Å². The van der Waals surface area contributed by atoms with Gasteiger partial charge in [0.1, 0.15) is 29.0 Å². The van der Waals surface area contributed by atoms with Crippen LogP contribution in [0.4, 0.5) is 10.1 Å². The van der Waals surface area contributed by atoms with E-state index in [0.29, 0.717) is 22.7 Å².